The van der Waals surface area contributed by atoms with Crippen LogP contribution in [-0.4, -0.2) is 12.6 Å². The number of benzene rings is 4. The molecule has 0 saturated carbocycles. The number of ether oxygens (including phenoxy) is 4. The Morgan fingerprint density at radius 3 is 2.45 bits per heavy atom. The van der Waals surface area contributed by atoms with Gasteiger partial charge in [0.2, 0.25) is 5.88 Å². The Kier molecular flexibility index (Phi) is 7.90. The fourth-order valence-corrected chi connectivity index (χ4v) is 4.64. The minimum absolute atomic E-state index is 0.00999. The molecule has 4 aromatic carbocycles. The number of nitrogens with two attached hydrogens (primary N) is 1. The molecule has 0 saturated heterocycles. The summed E-state index contributed by atoms with van der Waals surface area (Å²) < 4.78 is 22.9. The topological polar surface area (TPSA) is 104 Å². The first-order valence-electron chi connectivity index (χ1n) is 12.6. The van der Waals surface area contributed by atoms with Crippen molar-refractivity contribution in [1.29, 1.82) is 5.26 Å². The summed E-state index contributed by atoms with van der Waals surface area (Å²) in [7, 11) is 0. The molecule has 1 aliphatic heterocycles. The molecule has 5 rings (SSSR count). The first-order chi connectivity index (χ1) is 19.5. The van der Waals surface area contributed by atoms with Gasteiger partial charge in [-0.25, -0.2) is 4.79 Å². The summed E-state index contributed by atoms with van der Waals surface area (Å²) in [5.41, 5.74) is 9.17. The van der Waals surface area contributed by atoms with Crippen molar-refractivity contribution in [2.45, 2.75) is 19.4 Å². The van der Waals surface area contributed by atoms with Gasteiger partial charge in [-0.1, -0.05) is 60.1 Å². The molecule has 0 aliphatic carbocycles. The summed E-state index contributed by atoms with van der Waals surface area (Å²) in [4.78, 5) is 12.9. The average Bonchev–Trinajstić information content (AvgIpc) is 2.97. The standard InChI is InChI=1S/C32H25ClN2O5/c1-2-37-28-10-6-4-8-25(28)32(36)39-23-15-16-24-29(17-23)40-31(35)26(18-34)30(24)20-11-13-22(14-12-20)38-19-21-7-3-5-9-27(21)33/h3-17,30H,2,19,35H2,1H3. The monoisotopic (exact) mass is 552 g/mol. The van der Waals surface area contributed by atoms with Crippen LogP contribution < -0.4 is 24.7 Å². The second-order valence-electron chi connectivity index (χ2n) is 8.89. The van der Waals surface area contributed by atoms with Crippen LogP contribution in [0.2, 0.25) is 5.02 Å². The van der Waals surface area contributed by atoms with Crippen molar-refractivity contribution in [3.8, 4) is 29.1 Å². The maximum absolute atomic E-state index is 12.9. The summed E-state index contributed by atoms with van der Waals surface area (Å²) in [5.74, 6) is 0.702. The zero-order chi connectivity index (χ0) is 28.1. The van der Waals surface area contributed by atoms with E-state index in [0.717, 1.165) is 11.1 Å². The van der Waals surface area contributed by atoms with Crippen molar-refractivity contribution in [2.75, 3.05) is 6.61 Å². The first kappa shape index (κ1) is 26.7. The lowest BCUT2D eigenvalue weighted by Gasteiger charge is -2.27. The van der Waals surface area contributed by atoms with Gasteiger partial charge in [0.25, 0.3) is 0 Å². The lowest BCUT2D eigenvalue weighted by Crippen LogP contribution is -2.21. The van der Waals surface area contributed by atoms with E-state index >= 15 is 0 Å². The quantitative estimate of drug-likeness (QED) is 0.190. The Morgan fingerprint density at radius 1 is 0.975 bits per heavy atom. The zero-order valence-electron chi connectivity index (χ0n) is 21.6. The van der Waals surface area contributed by atoms with E-state index in [-0.39, 0.29) is 17.2 Å². The number of halogens is 1. The van der Waals surface area contributed by atoms with Crippen LogP contribution in [0.5, 0.6) is 23.0 Å². The molecular formula is C32H25ClN2O5. The van der Waals surface area contributed by atoms with E-state index in [1.54, 1.807) is 42.5 Å². The molecule has 0 radical (unpaired) electrons. The summed E-state index contributed by atoms with van der Waals surface area (Å²) in [6, 6.07) is 29.0. The molecule has 4 aromatic rings. The Morgan fingerprint density at radius 2 is 1.70 bits per heavy atom. The molecule has 7 nitrogen and oxygen atoms in total. The molecule has 0 aromatic heterocycles. The third kappa shape index (κ3) is 5.58. The van der Waals surface area contributed by atoms with Gasteiger partial charge in [-0.15, -0.1) is 0 Å². The second kappa shape index (κ2) is 11.9. The molecule has 0 amide bonds. The highest BCUT2D eigenvalue weighted by Gasteiger charge is 2.31. The van der Waals surface area contributed by atoms with Crippen LogP contribution in [0.1, 0.15) is 39.9 Å². The largest absolute Gasteiger partial charge is 0.493 e. The maximum Gasteiger partial charge on any atom is 0.347 e. The number of allylic oxidation sites excluding steroid dienone is 1. The van der Waals surface area contributed by atoms with Gasteiger partial charge < -0.3 is 24.7 Å². The molecule has 0 bridgehead atoms. The fourth-order valence-electron chi connectivity index (χ4n) is 4.45. The van der Waals surface area contributed by atoms with Crippen molar-refractivity contribution in [2.24, 2.45) is 5.73 Å². The number of esters is 1. The van der Waals surface area contributed by atoms with E-state index in [4.69, 9.17) is 36.3 Å². The summed E-state index contributed by atoms with van der Waals surface area (Å²) in [6.45, 7) is 2.58. The number of nitrogens with zero attached hydrogens (tertiary/aromatic N) is 1. The van der Waals surface area contributed by atoms with Crippen molar-refractivity contribution in [3.63, 3.8) is 0 Å². The third-order valence-electron chi connectivity index (χ3n) is 6.37. The minimum atomic E-state index is -0.565. The Bertz CT molecular complexity index is 1630. The highest BCUT2D eigenvalue weighted by atomic mass is 35.5. The SMILES string of the molecule is CCOc1ccccc1C(=O)Oc1ccc2c(c1)OC(N)=C(C#N)C2c1ccc(OCc2ccccc2Cl)cc1. The van der Waals surface area contributed by atoms with Crippen LogP contribution in [0, 0.1) is 11.3 Å². The predicted molar refractivity (Wildman–Crippen MR) is 151 cm³/mol. The van der Waals surface area contributed by atoms with Gasteiger partial charge in [0, 0.05) is 22.2 Å². The predicted octanol–water partition coefficient (Wildman–Crippen LogP) is 6.76. The van der Waals surface area contributed by atoms with Crippen LogP contribution in [-0.2, 0) is 6.61 Å². The van der Waals surface area contributed by atoms with E-state index in [1.807, 2.05) is 55.5 Å². The van der Waals surface area contributed by atoms with Gasteiger partial charge in [-0.2, -0.15) is 5.26 Å². The van der Waals surface area contributed by atoms with E-state index < -0.39 is 11.9 Å². The lowest BCUT2D eigenvalue weighted by molar-refractivity contribution is 0.0730. The van der Waals surface area contributed by atoms with Crippen LogP contribution in [0.3, 0.4) is 0 Å². The van der Waals surface area contributed by atoms with E-state index in [0.29, 0.717) is 46.6 Å². The molecule has 40 heavy (non-hydrogen) atoms. The molecule has 0 fully saturated rings. The number of para-hydroxylation sites is 1. The molecule has 1 unspecified atom stereocenters. The number of carbonyl (C=O) groups excluding carboxylic acids is 1. The number of nitriles is 1. The molecule has 2 N–H and O–H groups in total. The van der Waals surface area contributed by atoms with Crippen LogP contribution in [0.15, 0.2) is 102 Å². The Hall–Kier alpha value is -4.93. The Labute approximate surface area is 236 Å². The molecule has 1 aliphatic rings. The zero-order valence-corrected chi connectivity index (χ0v) is 22.4. The highest BCUT2D eigenvalue weighted by molar-refractivity contribution is 6.31. The highest BCUT2D eigenvalue weighted by Crippen LogP contribution is 2.43. The molecule has 200 valence electrons. The normalized spacial score (nSPS) is 14.0. The third-order valence-corrected chi connectivity index (χ3v) is 6.74. The number of rotatable bonds is 8. The summed E-state index contributed by atoms with van der Waals surface area (Å²) in [6.07, 6.45) is 0. The van der Waals surface area contributed by atoms with Gasteiger partial charge in [0.05, 0.1) is 12.5 Å². The number of hydrogen-bond acceptors (Lipinski definition) is 7. The second-order valence-corrected chi connectivity index (χ2v) is 9.30. The van der Waals surface area contributed by atoms with Crippen molar-refractivity contribution < 1.29 is 23.7 Å². The number of carbonyl (C=O) groups is 1. The maximum atomic E-state index is 12.9. The fraction of sp³-hybridized carbons (Fsp3) is 0.125. The molecule has 1 atom stereocenters. The summed E-state index contributed by atoms with van der Waals surface area (Å²) >= 11 is 6.23. The van der Waals surface area contributed by atoms with Crippen molar-refractivity contribution in [1.82, 2.24) is 0 Å². The van der Waals surface area contributed by atoms with Gasteiger partial charge in [-0.05, 0) is 48.9 Å². The van der Waals surface area contributed by atoms with E-state index in [9.17, 15) is 10.1 Å². The minimum Gasteiger partial charge on any atom is -0.493 e. The van der Waals surface area contributed by atoms with E-state index in [1.165, 1.54) is 0 Å². The first-order valence-corrected chi connectivity index (χ1v) is 13.0. The molecule has 1 heterocycles. The van der Waals surface area contributed by atoms with Crippen LogP contribution >= 0.6 is 11.6 Å². The number of fused-ring (bicyclic) bond motifs is 1. The van der Waals surface area contributed by atoms with Crippen LogP contribution in [0.25, 0.3) is 0 Å². The van der Waals surface area contributed by atoms with Gasteiger partial charge in [-0.3, -0.25) is 0 Å². The van der Waals surface area contributed by atoms with Gasteiger partial charge >= 0.3 is 5.97 Å². The number of hydrogen-bond donors (Lipinski definition) is 1. The van der Waals surface area contributed by atoms with Crippen LogP contribution in [0.4, 0.5) is 0 Å². The Balaban J connectivity index is 1.38. The molecule has 8 heteroatoms. The van der Waals surface area contributed by atoms with Gasteiger partial charge in [0.15, 0.2) is 0 Å². The van der Waals surface area contributed by atoms with Crippen molar-refractivity contribution >= 4 is 17.6 Å². The molecular weight excluding hydrogens is 528 g/mol. The van der Waals surface area contributed by atoms with Gasteiger partial charge in [0.1, 0.15) is 46.8 Å². The average molecular weight is 553 g/mol. The van der Waals surface area contributed by atoms with Crippen molar-refractivity contribution in [3.05, 3.63) is 130 Å². The summed E-state index contributed by atoms with van der Waals surface area (Å²) in [5, 5.41) is 10.5. The smallest absolute Gasteiger partial charge is 0.347 e. The van der Waals surface area contributed by atoms with E-state index in [2.05, 4.69) is 6.07 Å². The molecule has 0 spiro atoms. The lowest BCUT2D eigenvalue weighted by atomic mass is 9.83.